The van der Waals surface area contributed by atoms with Gasteiger partial charge in [-0.15, -0.1) is 0 Å². The Morgan fingerprint density at radius 2 is 1.90 bits per heavy atom. The van der Waals surface area contributed by atoms with Crippen molar-refractivity contribution >= 4 is 10.0 Å². The van der Waals surface area contributed by atoms with Crippen LogP contribution in [0.25, 0.3) is 0 Å². The Morgan fingerprint density at radius 3 is 2.40 bits per heavy atom. The molecule has 0 bridgehead atoms. The van der Waals surface area contributed by atoms with Crippen molar-refractivity contribution in [1.29, 1.82) is 0 Å². The third-order valence-electron chi connectivity index (χ3n) is 3.53. The van der Waals surface area contributed by atoms with Crippen LogP contribution in [-0.2, 0) is 16.6 Å². The zero-order chi connectivity index (χ0) is 14.8. The second kappa shape index (κ2) is 6.24. The molecule has 1 aliphatic heterocycles. The number of nitrogens with zero attached hydrogens (tertiary/aromatic N) is 4. The minimum atomic E-state index is -3.38. The van der Waals surface area contributed by atoms with E-state index in [1.54, 1.807) is 15.2 Å². The van der Waals surface area contributed by atoms with Crippen molar-refractivity contribution < 1.29 is 8.42 Å². The van der Waals surface area contributed by atoms with Crippen molar-refractivity contribution in [3.63, 3.8) is 0 Å². The van der Waals surface area contributed by atoms with Crippen LogP contribution >= 0.6 is 0 Å². The Kier molecular flexibility index (Phi) is 4.82. The Morgan fingerprint density at radius 1 is 1.25 bits per heavy atom. The minimum Gasteiger partial charge on any atom is -0.300 e. The lowest BCUT2D eigenvalue weighted by molar-refractivity contribution is 0.172. The molecule has 0 aliphatic carbocycles. The summed E-state index contributed by atoms with van der Waals surface area (Å²) in [5.41, 5.74) is 0. The summed E-state index contributed by atoms with van der Waals surface area (Å²) in [4.78, 5) is 2.63. The first-order valence-electron chi connectivity index (χ1n) is 7.18. The quantitative estimate of drug-likeness (QED) is 0.809. The molecule has 1 aromatic heterocycles. The Hall–Kier alpha value is -0.920. The summed E-state index contributed by atoms with van der Waals surface area (Å²) in [6, 6.07) is 0. The van der Waals surface area contributed by atoms with Crippen LogP contribution in [0, 0.1) is 5.92 Å². The first kappa shape index (κ1) is 15.5. The number of sulfonamides is 1. The molecule has 6 nitrogen and oxygen atoms in total. The van der Waals surface area contributed by atoms with Gasteiger partial charge >= 0.3 is 0 Å². The monoisotopic (exact) mass is 300 g/mol. The molecular weight excluding hydrogens is 276 g/mol. The number of hydrogen-bond donors (Lipinski definition) is 0. The van der Waals surface area contributed by atoms with Crippen LogP contribution in [0.15, 0.2) is 17.3 Å². The fourth-order valence-corrected chi connectivity index (χ4v) is 3.85. The van der Waals surface area contributed by atoms with E-state index < -0.39 is 10.0 Å². The van der Waals surface area contributed by atoms with Crippen molar-refractivity contribution in [2.45, 2.75) is 32.2 Å². The predicted octanol–water partition coefficient (Wildman–Crippen LogP) is 0.865. The zero-order valence-electron chi connectivity index (χ0n) is 12.5. The highest BCUT2D eigenvalue weighted by Crippen LogP contribution is 2.17. The summed E-state index contributed by atoms with van der Waals surface area (Å²) < 4.78 is 28.2. The highest BCUT2D eigenvalue weighted by atomic mass is 32.2. The molecule has 0 spiro atoms. The Balaban J connectivity index is 2.02. The van der Waals surface area contributed by atoms with Crippen LogP contribution in [0.2, 0.25) is 0 Å². The standard InChI is InChI=1S/C13H24N4O2S/c1-4-16-11-13(9-14-16)20(18,19)17-7-5-15(6-8-17)10-12(2)3/h9,11-12H,4-8,10H2,1-3H3. The molecule has 114 valence electrons. The van der Waals surface area contributed by atoms with Crippen LogP contribution in [0.4, 0.5) is 0 Å². The molecule has 0 saturated carbocycles. The van der Waals surface area contributed by atoms with Gasteiger partial charge < -0.3 is 4.90 Å². The molecule has 0 unspecified atom stereocenters. The van der Waals surface area contributed by atoms with Gasteiger partial charge in [-0.2, -0.15) is 9.40 Å². The Bertz CT molecular complexity index is 530. The fraction of sp³-hybridized carbons (Fsp3) is 0.769. The van der Waals surface area contributed by atoms with Crippen LogP contribution in [0.1, 0.15) is 20.8 Å². The minimum absolute atomic E-state index is 0.302. The smallest absolute Gasteiger partial charge is 0.246 e. The largest absolute Gasteiger partial charge is 0.300 e. The normalized spacial score (nSPS) is 18.8. The average Bonchev–Trinajstić information content (AvgIpc) is 2.88. The van der Waals surface area contributed by atoms with Crippen LogP contribution in [-0.4, -0.2) is 60.1 Å². The maximum Gasteiger partial charge on any atom is 0.246 e. The zero-order valence-corrected chi connectivity index (χ0v) is 13.3. The molecule has 0 radical (unpaired) electrons. The van der Waals surface area contributed by atoms with E-state index in [2.05, 4.69) is 23.8 Å². The lowest BCUT2D eigenvalue weighted by Gasteiger charge is -2.34. The Labute approximate surface area is 121 Å². The van der Waals surface area contributed by atoms with Crippen LogP contribution < -0.4 is 0 Å². The van der Waals surface area contributed by atoms with E-state index in [-0.39, 0.29) is 0 Å². The van der Waals surface area contributed by atoms with Gasteiger partial charge in [-0.1, -0.05) is 13.8 Å². The summed E-state index contributed by atoms with van der Waals surface area (Å²) in [5, 5.41) is 4.05. The van der Waals surface area contributed by atoms with Gasteiger partial charge in [-0.3, -0.25) is 4.68 Å². The highest BCUT2D eigenvalue weighted by Gasteiger charge is 2.29. The van der Waals surface area contributed by atoms with E-state index in [0.717, 1.165) is 19.6 Å². The maximum atomic E-state index is 12.5. The molecule has 7 heteroatoms. The van der Waals surface area contributed by atoms with Crippen LogP contribution in [0.5, 0.6) is 0 Å². The van der Waals surface area contributed by atoms with Crippen molar-refractivity contribution in [3.8, 4) is 0 Å². The van der Waals surface area contributed by atoms with Gasteiger partial charge in [0.15, 0.2) is 0 Å². The second-order valence-electron chi connectivity index (χ2n) is 5.63. The molecule has 0 atom stereocenters. The molecule has 2 heterocycles. The lowest BCUT2D eigenvalue weighted by atomic mass is 10.2. The molecule has 0 N–H and O–H groups in total. The van der Waals surface area contributed by atoms with Gasteiger partial charge in [0, 0.05) is 45.5 Å². The first-order valence-corrected chi connectivity index (χ1v) is 8.62. The summed E-state index contributed by atoms with van der Waals surface area (Å²) in [5.74, 6) is 0.612. The molecule has 1 saturated heterocycles. The van der Waals surface area contributed by atoms with Crippen molar-refractivity contribution in [1.82, 2.24) is 19.0 Å². The predicted molar refractivity (Wildman–Crippen MR) is 77.9 cm³/mol. The van der Waals surface area contributed by atoms with Gasteiger partial charge in [-0.05, 0) is 12.8 Å². The summed E-state index contributed by atoms with van der Waals surface area (Å²) >= 11 is 0. The first-order chi connectivity index (χ1) is 9.43. The van der Waals surface area contributed by atoms with Gasteiger partial charge in [0.2, 0.25) is 10.0 Å². The van der Waals surface area contributed by atoms with Gasteiger partial charge in [-0.25, -0.2) is 8.42 Å². The van der Waals surface area contributed by atoms with Gasteiger partial charge in [0.1, 0.15) is 4.90 Å². The molecule has 1 aliphatic rings. The molecule has 1 fully saturated rings. The molecule has 0 aromatic carbocycles. The van der Waals surface area contributed by atoms with E-state index >= 15 is 0 Å². The van der Waals surface area contributed by atoms with E-state index in [1.807, 2.05) is 6.92 Å². The SMILES string of the molecule is CCn1cc(S(=O)(=O)N2CCN(CC(C)C)CC2)cn1. The number of aryl methyl sites for hydroxylation is 1. The third-order valence-corrected chi connectivity index (χ3v) is 5.38. The topological polar surface area (TPSA) is 58.4 Å². The lowest BCUT2D eigenvalue weighted by Crippen LogP contribution is -2.49. The van der Waals surface area contributed by atoms with Crippen molar-refractivity contribution in [2.75, 3.05) is 32.7 Å². The molecular formula is C13H24N4O2S. The number of hydrogen-bond acceptors (Lipinski definition) is 4. The summed E-state index contributed by atoms with van der Waals surface area (Å²) in [6.07, 6.45) is 3.05. The molecule has 2 rings (SSSR count). The average molecular weight is 300 g/mol. The van der Waals surface area contributed by atoms with E-state index in [1.165, 1.54) is 6.20 Å². The van der Waals surface area contributed by atoms with E-state index in [0.29, 0.717) is 30.4 Å². The third kappa shape index (κ3) is 3.39. The van der Waals surface area contributed by atoms with Gasteiger partial charge in [0.05, 0.1) is 6.20 Å². The van der Waals surface area contributed by atoms with E-state index in [4.69, 9.17) is 0 Å². The number of piperazine rings is 1. The summed E-state index contributed by atoms with van der Waals surface area (Å²) in [6.45, 7) is 10.7. The number of aromatic nitrogens is 2. The highest BCUT2D eigenvalue weighted by molar-refractivity contribution is 7.89. The number of rotatable bonds is 5. The second-order valence-corrected chi connectivity index (χ2v) is 7.57. The molecule has 20 heavy (non-hydrogen) atoms. The van der Waals surface area contributed by atoms with E-state index in [9.17, 15) is 8.42 Å². The summed E-state index contributed by atoms with van der Waals surface area (Å²) in [7, 11) is -3.38. The maximum absolute atomic E-state index is 12.5. The van der Waals surface area contributed by atoms with Crippen molar-refractivity contribution in [2.24, 2.45) is 5.92 Å². The molecule has 0 amide bonds. The van der Waals surface area contributed by atoms with Crippen LogP contribution in [0.3, 0.4) is 0 Å². The van der Waals surface area contributed by atoms with Crippen molar-refractivity contribution in [3.05, 3.63) is 12.4 Å². The fourth-order valence-electron chi connectivity index (χ4n) is 2.47. The molecule has 1 aromatic rings. The van der Waals surface area contributed by atoms with Gasteiger partial charge in [0.25, 0.3) is 0 Å².